The Morgan fingerprint density at radius 1 is 0.971 bits per heavy atom. The molecule has 2 aromatic heterocycles. The quantitative estimate of drug-likeness (QED) is 0.506. The van der Waals surface area contributed by atoms with Crippen LogP contribution in [0.15, 0.2) is 47.4 Å². The second kappa shape index (κ2) is 9.65. The van der Waals surface area contributed by atoms with Crippen molar-refractivity contribution < 1.29 is 0 Å². The van der Waals surface area contributed by atoms with Gasteiger partial charge in [0, 0.05) is 25.0 Å². The fourth-order valence-electron chi connectivity index (χ4n) is 5.74. The fraction of sp³-hybridized carbons (Fsp3) is 0.517. The van der Waals surface area contributed by atoms with Crippen molar-refractivity contribution >= 4 is 28.1 Å². The first-order valence-corrected chi connectivity index (χ1v) is 13.1. The zero-order chi connectivity index (χ0) is 24.6. The Kier molecular flexibility index (Phi) is 6.58. The van der Waals surface area contributed by atoms with E-state index in [9.17, 15) is 4.79 Å². The van der Waals surface area contributed by atoms with Crippen LogP contribution in [0.5, 0.6) is 0 Å². The van der Waals surface area contributed by atoms with Crippen LogP contribution >= 0.6 is 0 Å². The van der Waals surface area contributed by atoms with Gasteiger partial charge in [0.15, 0.2) is 0 Å². The number of pyridine rings is 2. The van der Waals surface area contributed by atoms with Crippen molar-refractivity contribution in [2.45, 2.75) is 52.4 Å². The molecule has 4 heterocycles. The number of likely N-dealkylation sites (tertiary alicyclic amines) is 1. The maximum absolute atomic E-state index is 12.8. The summed E-state index contributed by atoms with van der Waals surface area (Å²) < 4.78 is 0. The van der Waals surface area contributed by atoms with Crippen LogP contribution in [0.1, 0.15) is 57.9 Å². The molecule has 0 amide bonds. The van der Waals surface area contributed by atoms with Gasteiger partial charge in [0.2, 0.25) is 0 Å². The minimum absolute atomic E-state index is 0.113. The van der Waals surface area contributed by atoms with Crippen molar-refractivity contribution in [2.75, 3.05) is 43.4 Å². The predicted molar refractivity (Wildman–Crippen MR) is 146 cm³/mol. The highest BCUT2D eigenvalue weighted by atomic mass is 16.1. The minimum Gasteiger partial charge on any atom is -0.357 e. The molecule has 2 aliphatic rings. The zero-order valence-corrected chi connectivity index (χ0v) is 21.6. The molecular weight excluding hydrogens is 434 g/mol. The van der Waals surface area contributed by atoms with Gasteiger partial charge in [-0.1, -0.05) is 32.9 Å². The average Bonchev–Trinajstić information content (AvgIpc) is 2.84. The van der Waals surface area contributed by atoms with Crippen LogP contribution in [0, 0.1) is 11.3 Å². The van der Waals surface area contributed by atoms with E-state index in [0.29, 0.717) is 22.5 Å². The second-order valence-electron chi connectivity index (χ2n) is 11.6. The van der Waals surface area contributed by atoms with Crippen LogP contribution in [0.2, 0.25) is 0 Å². The van der Waals surface area contributed by atoms with Crippen molar-refractivity contribution in [1.29, 1.82) is 0 Å². The average molecular weight is 474 g/mol. The highest BCUT2D eigenvalue weighted by molar-refractivity contribution is 5.94. The topological polar surface area (TPSA) is 64.3 Å². The van der Waals surface area contributed by atoms with Gasteiger partial charge in [-0.15, -0.1) is 0 Å². The maximum atomic E-state index is 12.8. The van der Waals surface area contributed by atoms with Crippen LogP contribution in [0.25, 0.3) is 10.8 Å². The summed E-state index contributed by atoms with van der Waals surface area (Å²) in [5, 5.41) is 5.00. The van der Waals surface area contributed by atoms with Gasteiger partial charge in [0.25, 0.3) is 5.56 Å². The molecule has 3 aromatic rings. The van der Waals surface area contributed by atoms with Gasteiger partial charge >= 0.3 is 0 Å². The van der Waals surface area contributed by atoms with Crippen molar-refractivity contribution in [3.05, 3.63) is 58.5 Å². The number of aromatic nitrogens is 2. The van der Waals surface area contributed by atoms with Gasteiger partial charge < -0.3 is 20.1 Å². The molecule has 2 aliphatic heterocycles. The molecule has 0 saturated carbocycles. The lowest BCUT2D eigenvalue weighted by atomic mass is 9.75. The molecule has 0 bridgehead atoms. The van der Waals surface area contributed by atoms with E-state index in [0.717, 1.165) is 49.0 Å². The molecule has 5 rings (SSSR count). The lowest BCUT2D eigenvalue weighted by molar-refractivity contribution is 0.199. The van der Waals surface area contributed by atoms with Crippen molar-refractivity contribution in [3.63, 3.8) is 0 Å². The maximum Gasteiger partial charge on any atom is 0.259 e. The van der Waals surface area contributed by atoms with Gasteiger partial charge in [-0.05, 0) is 98.3 Å². The molecule has 1 aromatic carbocycles. The number of rotatable bonds is 4. The number of hydrogen-bond acceptors (Lipinski definition) is 5. The summed E-state index contributed by atoms with van der Waals surface area (Å²) in [6, 6.07) is 12.7. The third-order valence-electron chi connectivity index (χ3n) is 8.15. The van der Waals surface area contributed by atoms with Gasteiger partial charge in [0.1, 0.15) is 11.6 Å². The van der Waals surface area contributed by atoms with Crippen LogP contribution in [0.4, 0.5) is 17.3 Å². The Morgan fingerprint density at radius 2 is 1.66 bits per heavy atom. The van der Waals surface area contributed by atoms with Crippen LogP contribution in [-0.2, 0) is 0 Å². The number of nitrogens with one attached hydrogen (secondary N) is 2. The summed E-state index contributed by atoms with van der Waals surface area (Å²) in [4.78, 5) is 25.3. The van der Waals surface area contributed by atoms with Crippen LogP contribution < -0.4 is 15.8 Å². The largest absolute Gasteiger partial charge is 0.357 e. The number of aromatic amines is 1. The molecule has 0 spiro atoms. The summed E-state index contributed by atoms with van der Waals surface area (Å²) >= 11 is 0. The molecule has 0 atom stereocenters. The van der Waals surface area contributed by atoms with Gasteiger partial charge in [-0.3, -0.25) is 4.79 Å². The first-order valence-electron chi connectivity index (χ1n) is 13.1. The lowest BCUT2D eigenvalue weighted by Crippen LogP contribution is -2.38. The summed E-state index contributed by atoms with van der Waals surface area (Å²) in [5.41, 5.74) is 2.58. The first kappa shape index (κ1) is 23.9. The fourth-order valence-corrected chi connectivity index (χ4v) is 5.74. The van der Waals surface area contributed by atoms with Crippen molar-refractivity contribution in [3.8, 4) is 0 Å². The Labute approximate surface area is 208 Å². The summed E-state index contributed by atoms with van der Waals surface area (Å²) in [6.45, 7) is 11.3. The number of H-pyrrole nitrogens is 1. The van der Waals surface area contributed by atoms with E-state index >= 15 is 0 Å². The smallest absolute Gasteiger partial charge is 0.259 e. The van der Waals surface area contributed by atoms with Gasteiger partial charge in [-0.2, -0.15) is 0 Å². The van der Waals surface area contributed by atoms with Crippen LogP contribution in [-0.4, -0.2) is 48.1 Å². The van der Waals surface area contributed by atoms with E-state index in [2.05, 4.69) is 78.3 Å². The van der Waals surface area contributed by atoms with Crippen molar-refractivity contribution in [1.82, 2.24) is 14.9 Å². The molecular formula is C29H39N5O. The Morgan fingerprint density at radius 3 is 2.31 bits per heavy atom. The second-order valence-corrected chi connectivity index (χ2v) is 11.6. The highest BCUT2D eigenvalue weighted by Gasteiger charge is 2.29. The minimum atomic E-state index is -0.113. The molecule has 186 valence electrons. The summed E-state index contributed by atoms with van der Waals surface area (Å²) in [5.74, 6) is 2.93. The molecule has 2 fully saturated rings. The van der Waals surface area contributed by atoms with E-state index in [1.54, 1.807) is 6.20 Å². The summed E-state index contributed by atoms with van der Waals surface area (Å²) in [6.07, 6.45) is 6.47. The number of nitrogens with zero attached hydrogens (tertiary/aromatic N) is 3. The molecule has 35 heavy (non-hydrogen) atoms. The molecule has 0 aliphatic carbocycles. The van der Waals surface area contributed by atoms with Gasteiger partial charge in [-0.25, -0.2) is 4.98 Å². The van der Waals surface area contributed by atoms with E-state index < -0.39 is 0 Å². The van der Waals surface area contributed by atoms with E-state index in [1.165, 1.54) is 31.2 Å². The SMILES string of the molecule is CN1CCC(c2ccc(Nc3nc(N4CCC(C(C)(C)C)CC4)cc4cc[nH]c(=O)c34)cc2)CC1. The van der Waals surface area contributed by atoms with E-state index in [4.69, 9.17) is 4.98 Å². The monoisotopic (exact) mass is 473 g/mol. The van der Waals surface area contributed by atoms with Gasteiger partial charge in [0.05, 0.1) is 5.39 Å². The number of fused-ring (bicyclic) bond motifs is 1. The molecule has 6 nitrogen and oxygen atoms in total. The predicted octanol–water partition coefficient (Wildman–Crippen LogP) is 5.74. The Hall–Kier alpha value is -2.86. The Bertz CT molecular complexity index is 1210. The molecule has 2 saturated heterocycles. The third kappa shape index (κ3) is 5.22. The van der Waals surface area contributed by atoms with Crippen molar-refractivity contribution in [2.24, 2.45) is 11.3 Å². The number of piperidine rings is 2. The zero-order valence-electron chi connectivity index (χ0n) is 21.6. The molecule has 0 radical (unpaired) electrons. The highest BCUT2D eigenvalue weighted by Crippen LogP contribution is 2.36. The van der Waals surface area contributed by atoms with E-state index in [-0.39, 0.29) is 5.56 Å². The van der Waals surface area contributed by atoms with E-state index in [1.807, 2.05) is 6.07 Å². The standard InChI is InChI=1S/C29H39N5O/c1-29(2,3)23-12-17-34(18-13-23)25-19-22-9-14-30-28(35)26(22)27(32-25)31-24-7-5-20(6-8-24)21-10-15-33(4)16-11-21/h5-9,14,19,21,23H,10-13,15-18H2,1-4H3,(H,30,35)(H,31,32). The number of benzene rings is 1. The molecule has 2 N–H and O–H groups in total. The first-order chi connectivity index (χ1) is 16.8. The lowest BCUT2D eigenvalue weighted by Gasteiger charge is -2.39. The molecule has 0 unspecified atom stereocenters. The normalized spacial score (nSPS) is 18.8. The third-order valence-corrected chi connectivity index (χ3v) is 8.15. The molecule has 6 heteroatoms. The van der Waals surface area contributed by atoms with Crippen LogP contribution in [0.3, 0.4) is 0 Å². The number of anilines is 3. The summed E-state index contributed by atoms with van der Waals surface area (Å²) in [7, 11) is 2.20. The number of hydrogen-bond donors (Lipinski definition) is 2. The Balaban J connectivity index is 1.40.